The number of benzene rings is 1. The lowest BCUT2D eigenvalue weighted by atomic mass is 10.1. The van der Waals surface area contributed by atoms with Gasteiger partial charge in [0.2, 0.25) is 0 Å². The van der Waals surface area contributed by atoms with Gasteiger partial charge < -0.3 is 10.4 Å². The van der Waals surface area contributed by atoms with Crippen LogP contribution in [0.1, 0.15) is 24.9 Å². The Kier molecular flexibility index (Phi) is 4.56. The molecule has 0 spiro atoms. The van der Waals surface area contributed by atoms with E-state index in [9.17, 15) is 4.39 Å². The first-order valence-corrected chi connectivity index (χ1v) is 4.83. The topological polar surface area (TPSA) is 32.3 Å². The smallest absolute Gasteiger partial charge is 0.123 e. The number of hydrogen-bond donors (Lipinski definition) is 2. The molecule has 1 aromatic carbocycles. The van der Waals surface area contributed by atoms with Crippen LogP contribution in [0.4, 0.5) is 4.39 Å². The largest absolute Gasteiger partial charge is 0.396 e. The molecule has 14 heavy (non-hydrogen) atoms. The molecule has 0 aliphatic carbocycles. The minimum absolute atomic E-state index is 0.122. The van der Waals surface area contributed by atoms with E-state index >= 15 is 0 Å². The Hall–Kier alpha value is -0.930. The molecule has 0 saturated carbocycles. The quantitative estimate of drug-likeness (QED) is 0.706. The molecule has 3 heteroatoms. The van der Waals surface area contributed by atoms with Gasteiger partial charge in [-0.2, -0.15) is 0 Å². The van der Waals surface area contributed by atoms with Gasteiger partial charge in [-0.15, -0.1) is 0 Å². The van der Waals surface area contributed by atoms with Crippen molar-refractivity contribution < 1.29 is 9.50 Å². The van der Waals surface area contributed by atoms with Crippen LogP contribution >= 0.6 is 0 Å². The van der Waals surface area contributed by atoms with Crippen LogP contribution in [0.3, 0.4) is 0 Å². The van der Waals surface area contributed by atoms with Gasteiger partial charge in [-0.1, -0.05) is 12.1 Å². The van der Waals surface area contributed by atoms with Crippen molar-refractivity contribution in [3.8, 4) is 0 Å². The molecule has 0 aliphatic heterocycles. The van der Waals surface area contributed by atoms with E-state index in [0.29, 0.717) is 0 Å². The van der Waals surface area contributed by atoms with Gasteiger partial charge in [-0.05, 0) is 37.6 Å². The summed E-state index contributed by atoms with van der Waals surface area (Å²) in [6.07, 6.45) is 0.722. The summed E-state index contributed by atoms with van der Waals surface area (Å²) in [7, 11) is 0. The molecular formula is C11H16FNO. The molecule has 0 saturated heterocycles. The average molecular weight is 197 g/mol. The van der Waals surface area contributed by atoms with E-state index in [0.717, 1.165) is 18.5 Å². The molecule has 1 aromatic rings. The Morgan fingerprint density at radius 1 is 1.50 bits per heavy atom. The van der Waals surface area contributed by atoms with Crippen LogP contribution in [0.2, 0.25) is 0 Å². The van der Waals surface area contributed by atoms with Gasteiger partial charge in [-0.25, -0.2) is 4.39 Å². The zero-order valence-corrected chi connectivity index (χ0v) is 8.33. The van der Waals surface area contributed by atoms with Gasteiger partial charge >= 0.3 is 0 Å². The van der Waals surface area contributed by atoms with Gasteiger partial charge in [0.25, 0.3) is 0 Å². The van der Waals surface area contributed by atoms with Crippen molar-refractivity contribution >= 4 is 0 Å². The number of hydrogen-bond acceptors (Lipinski definition) is 2. The molecule has 1 atom stereocenters. The third kappa shape index (κ3) is 3.44. The minimum atomic E-state index is -0.210. The minimum Gasteiger partial charge on any atom is -0.396 e. The number of aliphatic hydroxyl groups is 1. The number of nitrogens with one attached hydrogen (secondary N) is 1. The normalized spacial score (nSPS) is 12.8. The maximum absolute atomic E-state index is 12.8. The maximum atomic E-state index is 12.8. The van der Waals surface area contributed by atoms with Crippen LogP contribution in [0.5, 0.6) is 0 Å². The maximum Gasteiger partial charge on any atom is 0.123 e. The summed E-state index contributed by atoms with van der Waals surface area (Å²) in [4.78, 5) is 0. The van der Waals surface area contributed by atoms with Gasteiger partial charge in [0.05, 0.1) is 0 Å². The first-order chi connectivity index (χ1) is 6.74. The summed E-state index contributed by atoms with van der Waals surface area (Å²) < 4.78 is 12.8. The Bertz CT molecular complexity index is 278. The molecule has 1 rings (SSSR count). The number of halogens is 1. The van der Waals surface area contributed by atoms with E-state index in [1.54, 1.807) is 6.07 Å². The molecule has 0 radical (unpaired) electrons. The van der Waals surface area contributed by atoms with E-state index in [4.69, 9.17) is 5.11 Å². The van der Waals surface area contributed by atoms with Gasteiger partial charge in [0, 0.05) is 12.6 Å². The van der Waals surface area contributed by atoms with Crippen molar-refractivity contribution in [2.45, 2.75) is 19.4 Å². The molecule has 0 aromatic heterocycles. The van der Waals surface area contributed by atoms with Crippen molar-refractivity contribution in [2.75, 3.05) is 13.2 Å². The predicted molar refractivity (Wildman–Crippen MR) is 54.5 cm³/mol. The Balaban J connectivity index is 2.47. The highest BCUT2D eigenvalue weighted by Gasteiger charge is 2.04. The SMILES string of the molecule is CC(NCCCO)c1cccc(F)c1. The molecule has 1 unspecified atom stereocenters. The molecule has 2 N–H and O–H groups in total. The van der Waals surface area contributed by atoms with Crippen molar-refractivity contribution in [2.24, 2.45) is 0 Å². The summed E-state index contributed by atoms with van der Waals surface area (Å²) in [6.45, 7) is 2.91. The van der Waals surface area contributed by atoms with Crippen molar-refractivity contribution in [1.82, 2.24) is 5.32 Å². The average Bonchev–Trinajstić information content (AvgIpc) is 2.18. The third-order valence-corrected chi connectivity index (χ3v) is 2.13. The standard InChI is InChI=1S/C11H16FNO/c1-9(13-6-3-7-14)10-4-2-5-11(12)8-10/h2,4-5,8-9,13-14H,3,6-7H2,1H3. The van der Waals surface area contributed by atoms with Crippen molar-refractivity contribution in [3.63, 3.8) is 0 Å². The van der Waals surface area contributed by atoms with E-state index in [2.05, 4.69) is 5.32 Å². The van der Waals surface area contributed by atoms with Crippen LogP contribution in [0.25, 0.3) is 0 Å². The van der Waals surface area contributed by atoms with Gasteiger partial charge in [0.1, 0.15) is 5.82 Å². The highest BCUT2D eigenvalue weighted by atomic mass is 19.1. The second-order valence-corrected chi connectivity index (χ2v) is 3.31. The summed E-state index contributed by atoms with van der Waals surface area (Å²) in [6, 6.07) is 6.67. The summed E-state index contributed by atoms with van der Waals surface area (Å²) in [5, 5.41) is 11.8. The lowest BCUT2D eigenvalue weighted by Gasteiger charge is -2.13. The van der Waals surface area contributed by atoms with Crippen LogP contribution in [0, 0.1) is 5.82 Å². The highest BCUT2D eigenvalue weighted by molar-refractivity contribution is 5.19. The lowest BCUT2D eigenvalue weighted by molar-refractivity contribution is 0.284. The van der Waals surface area contributed by atoms with E-state index in [-0.39, 0.29) is 18.5 Å². The predicted octanol–water partition coefficient (Wildman–Crippen LogP) is 1.86. The van der Waals surface area contributed by atoms with Crippen LogP contribution in [0.15, 0.2) is 24.3 Å². The molecule has 0 amide bonds. The Morgan fingerprint density at radius 3 is 2.93 bits per heavy atom. The zero-order chi connectivity index (χ0) is 10.4. The molecule has 0 bridgehead atoms. The van der Waals surface area contributed by atoms with E-state index < -0.39 is 0 Å². The fraction of sp³-hybridized carbons (Fsp3) is 0.455. The zero-order valence-electron chi connectivity index (χ0n) is 8.33. The second-order valence-electron chi connectivity index (χ2n) is 3.31. The number of aliphatic hydroxyl groups excluding tert-OH is 1. The molecule has 78 valence electrons. The summed E-state index contributed by atoms with van der Waals surface area (Å²) in [5.74, 6) is -0.210. The van der Waals surface area contributed by atoms with Gasteiger partial charge in [-0.3, -0.25) is 0 Å². The first kappa shape index (κ1) is 11.1. The van der Waals surface area contributed by atoms with E-state index in [1.165, 1.54) is 12.1 Å². The fourth-order valence-electron chi connectivity index (χ4n) is 1.29. The third-order valence-electron chi connectivity index (χ3n) is 2.13. The highest BCUT2D eigenvalue weighted by Crippen LogP contribution is 2.12. The van der Waals surface area contributed by atoms with Crippen molar-refractivity contribution in [1.29, 1.82) is 0 Å². The first-order valence-electron chi connectivity index (χ1n) is 4.83. The van der Waals surface area contributed by atoms with Crippen LogP contribution < -0.4 is 5.32 Å². The van der Waals surface area contributed by atoms with Crippen molar-refractivity contribution in [3.05, 3.63) is 35.6 Å². The van der Waals surface area contributed by atoms with Crippen LogP contribution in [-0.2, 0) is 0 Å². The number of rotatable bonds is 5. The molecular weight excluding hydrogens is 181 g/mol. The molecule has 2 nitrogen and oxygen atoms in total. The Morgan fingerprint density at radius 2 is 2.29 bits per heavy atom. The molecule has 0 heterocycles. The second kappa shape index (κ2) is 5.73. The monoisotopic (exact) mass is 197 g/mol. The lowest BCUT2D eigenvalue weighted by Crippen LogP contribution is -2.20. The summed E-state index contributed by atoms with van der Waals surface area (Å²) >= 11 is 0. The molecule has 0 fully saturated rings. The molecule has 0 aliphatic rings. The summed E-state index contributed by atoms with van der Waals surface area (Å²) in [5.41, 5.74) is 0.933. The van der Waals surface area contributed by atoms with Gasteiger partial charge in [0.15, 0.2) is 0 Å². The van der Waals surface area contributed by atoms with E-state index in [1.807, 2.05) is 13.0 Å². The van der Waals surface area contributed by atoms with Crippen LogP contribution in [-0.4, -0.2) is 18.3 Å². The Labute approximate surface area is 83.8 Å². The fourth-order valence-corrected chi connectivity index (χ4v) is 1.29.